The lowest BCUT2D eigenvalue weighted by Gasteiger charge is -2.16. The average molecular weight is 205 g/mol. The lowest BCUT2D eigenvalue weighted by atomic mass is 10.3. The summed E-state index contributed by atoms with van der Waals surface area (Å²) in [4.78, 5) is 2.48. The molecule has 0 bridgehead atoms. The first-order valence-corrected chi connectivity index (χ1v) is 6.14. The van der Waals surface area contributed by atoms with Gasteiger partial charge < -0.3 is 4.90 Å². The molecule has 0 radical (unpaired) electrons. The summed E-state index contributed by atoms with van der Waals surface area (Å²) in [5, 5.41) is 0. The van der Waals surface area contributed by atoms with Crippen LogP contribution >= 0.6 is 0 Å². The zero-order valence-corrected chi connectivity index (χ0v) is 9.65. The summed E-state index contributed by atoms with van der Waals surface area (Å²) < 4.78 is 2.28. The first-order chi connectivity index (χ1) is 7.40. The van der Waals surface area contributed by atoms with Crippen LogP contribution in [-0.2, 0) is 6.54 Å². The van der Waals surface area contributed by atoms with Crippen molar-refractivity contribution < 1.29 is 4.57 Å². The van der Waals surface area contributed by atoms with E-state index in [9.17, 15) is 0 Å². The van der Waals surface area contributed by atoms with E-state index in [-0.39, 0.29) is 0 Å². The predicted octanol–water partition coefficient (Wildman–Crippen LogP) is 2.37. The van der Waals surface area contributed by atoms with Crippen molar-refractivity contribution in [1.29, 1.82) is 0 Å². The van der Waals surface area contributed by atoms with E-state index in [2.05, 4.69) is 40.9 Å². The van der Waals surface area contributed by atoms with Crippen LogP contribution in [0.1, 0.15) is 32.6 Å². The Balaban J connectivity index is 1.96. The molecule has 1 fully saturated rings. The van der Waals surface area contributed by atoms with Crippen LogP contribution in [0.2, 0.25) is 0 Å². The van der Waals surface area contributed by atoms with Crippen molar-refractivity contribution in [2.24, 2.45) is 0 Å². The minimum Gasteiger partial charge on any atom is -0.371 e. The number of aryl methyl sites for hydroxylation is 1. The van der Waals surface area contributed by atoms with Gasteiger partial charge in [0.2, 0.25) is 0 Å². The van der Waals surface area contributed by atoms with Crippen molar-refractivity contribution in [1.82, 2.24) is 0 Å². The molecule has 0 N–H and O–H groups in total. The second-order valence-electron chi connectivity index (χ2n) is 4.34. The summed E-state index contributed by atoms with van der Waals surface area (Å²) in [7, 11) is 0. The third-order valence-corrected chi connectivity index (χ3v) is 3.11. The number of anilines is 1. The maximum absolute atomic E-state index is 2.48. The maximum Gasteiger partial charge on any atom is 0.170 e. The van der Waals surface area contributed by atoms with E-state index in [1.165, 1.54) is 44.5 Å². The number of hydrogen-bond acceptors (Lipinski definition) is 1. The van der Waals surface area contributed by atoms with Crippen molar-refractivity contribution in [3.05, 3.63) is 24.5 Å². The van der Waals surface area contributed by atoms with Gasteiger partial charge in [0.1, 0.15) is 6.54 Å². The molecule has 1 aliphatic rings. The van der Waals surface area contributed by atoms with E-state index in [0.29, 0.717) is 0 Å². The molecular weight excluding hydrogens is 184 g/mol. The number of nitrogens with zero attached hydrogens (tertiary/aromatic N) is 2. The molecule has 1 aliphatic heterocycles. The smallest absolute Gasteiger partial charge is 0.170 e. The van der Waals surface area contributed by atoms with Gasteiger partial charge in [-0.3, -0.25) is 0 Å². The summed E-state index contributed by atoms with van der Waals surface area (Å²) >= 11 is 0. The molecule has 0 amide bonds. The number of hydrogen-bond donors (Lipinski definition) is 0. The largest absolute Gasteiger partial charge is 0.371 e. The van der Waals surface area contributed by atoms with Gasteiger partial charge in [0, 0.05) is 37.3 Å². The Labute approximate surface area is 92.5 Å². The summed E-state index contributed by atoms with van der Waals surface area (Å²) in [5.41, 5.74) is 1.39. The Bertz CT molecular complexity index is 286. The van der Waals surface area contributed by atoms with Gasteiger partial charge in [0.05, 0.1) is 0 Å². The van der Waals surface area contributed by atoms with E-state index in [1.807, 2.05) is 0 Å². The molecule has 0 unspecified atom stereocenters. The minimum absolute atomic E-state index is 1.15. The standard InChI is InChI=1S/C13H21N2/c1-2-3-8-14-11-6-13(7-12-14)15-9-4-5-10-15/h6-7,11-12H,2-5,8-10H2,1H3/q+1. The SMILES string of the molecule is CCCC[n+]1ccc(N2CCCC2)cc1. The van der Waals surface area contributed by atoms with Crippen molar-refractivity contribution in [2.75, 3.05) is 18.0 Å². The molecule has 1 aromatic heterocycles. The Morgan fingerprint density at radius 2 is 1.87 bits per heavy atom. The monoisotopic (exact) mass is 205 g/mol. The molecule has 2 nitrogen and oxygen atoms in total. The highest BCUT2D eigenvalue weighted by molar-refractivity contribution is 5.44. The summed E-state index contributed by atoms with van der Waals surface area (Å²) in [5.74, 6) is 0. The normalized spacial score (nSPS) is 15.9. The number of aromatic nitrogens is 1. The zero-order valence-electron chi connectivity index (χ0n) is 9.65. The van der Waals surface area contributed by atoms with Crippen LogP contribution in [0, 0.1) is 0 Å². The average Bonchev–Trinajstić information content (AvgIpc) is 2.80. The molecule has 0 atom stereocenters. The first kappa shape index (κ1) is 10.5. The summed E-state index contributed by atoms with van der Waals surface area (Å²) in [6.45, 7) is 5.86. The quantitative estimate of drug-likeness (QED) is 0.685. The van der Waals surface area contributed by atoms with Gasteiger partial charge in [-0.1, -0.05) is 13.3 Å². The first-order valence-electron chi connectivity index (χ1n) is 6.14. The fourth-order valence-electron chi connectivity index (χ4n) is 2.13. The molecule has 2 heterocycles. The van der Waals surface area contributed by atoms with E-state index in [4.69, 9.17) is 0 Å². The van der Waals surface area contributed by atoms with Crippen LogP contribution < -0.4 is 9.47 Å². The molecule has 15 heavy (non-hydrogen) atoms. The maximum atomic E-state index is 2.48. The second kappa shape index (κ2) is 5.15. The van der Waals surface area contributed by atoms with Gasteiger partial charge in [-0.05, 0) is 12.8 Å². The van der Waals surface area contributed by atoms with Crippen molar-refractivity contribution >= 4 is 5.69 Å². The third-order valence-electron chi connectivity index (χ3n) is 3.11. The lowest BCUT2D eigenvalue weighted by Crippen LogP contribution is -2.33. The Hall–Kier alpha value is -1.05. The van der Waals surface area contributed by atoms with E-state index >= 15 is 0 Å². The van der Waals surface area contributed by atoms with Crippen LogP contribution in [0.4, 0.5) is 5.69 Å². The van der Waals surface area contributed by atoms with E-state index < -0.39 is 0 Å². The predicted molar refractivity (Wildman–Crippen MR) is 63.0 cm³/mol. The molecule has 0 aromatic carbocycles. The highest BCUT2D eigenvalue weighted by Crippen LogP contribution is 2.17. The fraction of sp³-hybridized carbons (Fsp3) is 0.615. The Morgan fingerprint density at radius 3 is 2.47 bits per heavy atom. The zero-order chi connectivity index (χ0) is 10.5. The minimum atomic E-state index is 1.15. The second-order valence-corrected chi connectivity index (χ2v) is 4.34. The van der Waals surface area contributed by atoms with Crippen molar-refractivity contribution in [2.45, 2.75) is 39.2 Å². The topological polar surface area (TPSA) is 7.12 Å². The van der Waals surface area contributed by atoms with Crippen molar-refractivity contribution in [3.8, 4) is 0 Å². The van der Waals surface area contributed by atoms with E-state index in [0.717, 1.165) is 6.54 Å². The molecule has 2 heteroatoms. The van der Waals surface area contributed by atoms with Gasteiger partial charge in [0.25, 0.3) is 0 Å². The highest BCUT2D eigenvalue weighted by atomic mass is 15.1. The number of rotatable bonds is 4. The van der Waals surface area contributed by atoms with Crippen LogP contribution in [-0.4, -0.2) is 13.1 Å². The highest BCUT2D eigenvalue weighted by Gasteiger charge is 2.12. The van der Waals surface area contributed by atoms with Gasteiger partial charge in [-0.25, -0.2) is 4.57 Å². The van der Waals surface area contributed by atoms with Gasteiger partial charge in [-0.15, -0.1) is 0 Å². The van der Waals surface area contributed by atoms with Gasteiger partial charge >= 0.3 is 0 Å². The van der Waals surface area contributed by atoms with Crippen LogP contribution in [0.3, 0.4) is 0 Å². The third kappa shape index (κ3) is 2.71. The van der Waals surface area contributed by atoms with Crippen LogP contribution in [0.15, 0.2) is 24.5 Å². The van der Waals surface area contributed by atoms with Crippen LogP contribution in [0.25, 0.3) is 0 Å². The Kier molecular flexibility index (Phi) is 3.59. The van der Waals surface area contributed by atoms with Gasteiger partial charge in [-0.2, -0.15) is 0 Å². The molecule has 0 saturated carbocycles. The number of pyridine rings is 1. The van der Waals surface area contributed by atoms with E-state index in [1.54, 1.807) is 0 Å². The summed E-state index contributed by atoms with van der Waals surface area (Å²) in [6, 6.07) is 4.50. The molecule has 2 rings (SSSR count). The van der Waals surface area contributed by atoms with Crippen molar-refractivity contribution in [3.63, 3.8) is 0 Å². The number of unbranched alkanes of at least 4 members (excludes halogenated alkanes) is 1. The lowest BCUT2D eigenvalue weighted by molar-refractivity contribution is -0.697. The molecular formula is C13H21N2+. The molecule has 82 valence electrons. The molecule has 1 aromatic rings. The molecule has 1 saturated heterocycles. The molecule has 0 aliphatic carbocycles. The van der Waals surface area contributed by atoms with Gasteiger partial charge in [0.15, 0.2) is 12.4 Å². The molecule has 0 spiro atoms. The van der Waals surface area contributed by atoms with Crippen LogP contribution in [0.5, 0.6) is 0 Å². The Morgan fingerprint density at radius 1 is 1.20 bits per heavy atom. The summed E-state index contributed by atoms with van der Waals surface area (Å²) in [6.07, 6.45) is 9.66. The fourth-order valence-corrected chi connectivity index (χ4v) is 2.13.